The molecular weight excluding hydrogens is 222 g/mol. The van der Waals surface area contributed by atoms with Crippen LogP contribution in [0.3, 0.4) is 0 Å². The SMILES string of the molecule is Cc1cccc(N(C(=S)S)C(C)C)c1C. The van der Waals surface area contributed by atoms with Crippen LogP contribution < -0.4 is 4.90 Å². The van der Waals surface area contributed by atoms with E-state index < -0.39 is 0 Å². The molecule has 0 bridgehead atoms. The molecule has 0 aliphatic rings. The molecule has 0 amide bonds. The predicted molar refractivity (Wildman–Crippen MR) is 75.1 cm³/mol. The van der Waals surface area contributed by atoms with Crippen molar-refractivity contribution in [1.82, 2.24) is 0 Å². The van der Waals surface area contributed by atoms with Gasteiger partial charge in [-0.3, -0.25) is 0 Å². The fourth-order valence-corrected chi connectivity index (χ4v) is 2.25. The van der Waals surface area contributed by atoms with Gasteiger partial charge in [0.2, 0.25) is 0 Å². The Bertz CT molecular complexity index is 372. The molecule has 0 aliphatic carbocycles. The van der Waals surface area contributed by atoms with Gasteiger partial charge in [-0.05, 0) is 44.9 Å². The van der Waals surface area contributed by atoms with E-state index in [-0.39, 0.29) is 0 Å². The van der Waals surface area contributed by atoms with Crippen molar-refractivity contribution >= 4 is 34.9 Å². The van der Waals surface area contributed by atoms with Gasteiger partial charge in [0.25, 0.3) is 0 Å². The lowest BCUT2D eigenvalue weighted by Crippen LogP contribution is -2.33. The minimum absolute atomic E-state index is 0.329. The maximum Gasteiger partial charge on any atom is 0.137 e. The number of thiol groups is 1. The Kier molecular flexibility index (Phi) is 4.17. The summed E-state index contributed by atoms with van der Waals surface area (Å²) in [5.41, 5.74) is 3.70. The maximum absolute atomic E-state index is 5.17. The van der Waals surface area contributed by atoms with Crippen LogP contribution >= 0.6 is 24.8 Å². The van der Waals surface area contributed by atoms with Gasteiger partial charge < -0.3 is 4.90 Å². The monoisotopic (exact) mass is 239 g/mol. The molecule has 0 spiro atoms. The highest BCUT2D eigenvalue weighted by molar-refractivity contribution is 8.11. The third-order valence-corrected chi connectivity index (χ3v) is 2.97. The van der Waals surface area contributed by atoms with Crippen molar-refractivity contribution in [2.24, 2.45) is 0 Å². The molecule has 1 rings (SSSR count). The minimum Gasteiger partial charge on any atom is -0.325 e. The van der Waals surface area contributed by atoms with Gasteiger partial charge in [-0.15, -0.1) is 12.6 Å². The number of aryl methyl sites for hydroxylation is 1. The van der Waals surface area contributed by atoms with Crippen LogP contribution in [0.25, 0.3) is 0 Å². The molecule has 3 heteroatoms. The number of anilines is 1. The molecule has 1 nitrogen and oxygen atoms in total. The molecule has 0 unspecified atom stereocenters. The average molecular weight is 239 g/mol. The second-order valence-electron chi connectivity index (χ2n) is 3.97. The molecule has 0 N–H and O–H groups in total. The van der Waals surface area contributed by atoms with Crippen molar-refractivity contribution in [3.63, 3.8) is 0 Å². The van der Waals surface area contributed by atoms with E-state index in [9.17, 15) is 0 Å². The standard InChI is InChI=1S/C12H17NS2/c1-8(2)13(12(14)15)11-7-5-6-9(3)10(11)4/h5-8H,1-4H3,(H,14,15). The van der Waals surface area contributed by atoms with E-state index in [1.807, 2.05) is 0 Å². The van der Waals surface area contributed by atoms with Gasteiger partial charge in [-0.1, -0.05) is 24.4 Å². The summed E-state index contributed by atoms with van der Waals surface area (Å²) in [7, 11) is 0. The van der Waals surface area contributed by atoms with Gasteiger partial charge >= 0.3 is 0 Å². The predicted octanol–water partition coefficient (Wildman–Crippen LogP) is 3.73. The van der Waals surface area contributed by atoms with Crippen molar-refractivity contribution in [3.8, 4) is 0 Å². The van der Waals surface area contributed by atoms with E-state index in [2.05, 4.69) is 63.4 Å². The van der Waals surface area contributed by atoms with Gasteiger partial charge in [0.15, 0.2) is 0 Å². The Morgan fingerprint density at radius 1 is 1.33 bits per heavy atom. The van der Waals surface area contributed by atoms with Gasteiger partial charge in [-0.25, -0.2) is 0 Å². The zero-order valence-corrected chi connectivity index (χ0v) is 11.3. The molecule has 0 saturated heterocycles. The molecule has 0 aliphatic heterocycles. The molecule has 0 radical (unpaired) electrons. The van der Waals surface area contributed by atoms with E-state index in [1.54, 1.807) is 0 Å². The fourth-order valence-electron chi connectivity index (χ4n) is 1.60. The lowest BCUT2D eigenvalue weighted by Gasteiger charge is -2.29. The zero-order valence-electron chi connectivity index (χ0n) is 9.61. The first-order chi connectivity index (χ1) is 6.95. The summed E-state index contributed by atoms with van der Waals surface area (Å²) in [6.45, 7) is 8.46. The molecule has 1 aromatic rings. The Morgan fingerprint density at radius 2 is 1.93 bits per heavy atom. The maximum atomic E-state index is 5.17. The molecule has 1 aromatic carbocycles. The van der Waals surface area contributed by atoms with E-state index in [0.29, 0.717) is 10.4 Å². The molecule has 0 saturated carbocycles. The Balaban J connectivity index is 3.23. The summed E-state index contributed by atoms with van der Waals surface area (Å²) < 4.78 is 0.624. The fraction of sp³-hybridized carbons (Fsp3) is 0.417. The van der Waals surface area contributed by atoms with Crippen molar-refractivity contribution in [1.29, 1.82) is 0 Å². The van der Waals surface area contributed by atoms with Crippen LogP contribution in [0, 0.1) is 13.8 Å². The van der Waals surface area contributed by atoms with Crippen LogP contribution in [-0.2, 0) is 0 Å². The molecule has 0 aromatic heterocycles. The van der Waals surface area contributed by atoms with Crippen molar-refractivity contribution in [3.05, 3.63) is 29.3 Å². The summed E-state index contributed by atoms with van der Waals surface area (Å²) in [5, 5.41) is 0. The van der Waals surface area contributed by atoms with Gasteiger partial charge in [0.05, 0.1) is 0 Å². The number of benzene rings is 1. The van der Waals surface area contributed by atoms with Crippen LogP contribution in [0.2, 0.25) is 0 Å². The van der Waals surface area contributed by atoms with E-state index >= 15 is 0 Å². The minimum atomic E-state index is 0.329. The van der Waals surface area contributed by atoms with Crippen LogP contribution in [0.5, 0.6) is 0 Å². The number of rotatable bonds is 2. The topological polar surface area (TPSA) is 3.24 Å². The van der Waals surface area contributed by atoms with Crippen molar-refractivity contribution in [2.75, 3.05) is 4.90 Å². The average Bonchev–Trinajstić information content (AvgIpc) is 2.11. The van der Waals surface area contributed by atoms with Gasteiger partial charge in [0, 0.05) is 11.7 Å². The quantitative estimate of drug-likeness (QED) is 0.619. The first-order valence-corrected chi connectivity index (χ1v) is 5.89. The highest BCUT2D eigenvalue weighted by Crippen LogP contribution is 2.25. The van der Waals surface area contributed by atoms with Crippen LogP contribution in [0.15, 0.2) is 18.2 Å². The first-order valence-electron chi connectivity index (χ1n) is 5.03. The van der Waals surface area contributed by atoms with Crippen LogP contribution in [0.4, 0.5) is 5.69 Å². The third kappa shape index (κ3) is 2.73. The molecule has 0 heterocycles. The van der Waals surface area contributed by atoms with Crippen LogP contribution in [0.1, 0.15) is 25.0 Å². The summed E-state index contributed by atoms with van der Waals surface area (Å²) in [6.07, 6.45) is 0. The number of hydrogen-bond acceptors (Lipinski definition) is 1. The zero-order chi connectivity index (χ0) is 11.6. The lowest BCUT2D eigenvalue weighted by molar-refractivity contribution is 0.814. The van der Waals surface area contributed by atoms with E-state index in [1.165, 1.54) is 11.1 Å². The highest BCUT2D eigenvalue weighted by Gasteiger charge is 2.15. The Hall–Kier alpha value is -0.540. The second-order valence-corrected chi connectivity index (χ2v) is 5.08. The summed E-state index contributed by atoms with van der Waals surface area (Å²) in [5.74, 6) is 0. The number of nitrogens with zero attached hydrogens (tertiary/aromatic N) is 1. The first kappa shape index (κ1) is 12.5. The van der Waals surface area contributed by atoms with Crippen LogP contribution in [-0.4, -0.2) is 10.4 Å². The van der Waals surface area contributed by atoms with Crippen molar-refractivity contribution in [2.45, 2.75) is 33.7 Å². The second kappa shape index (κ2) is 4.99. The molecule has 82 valence electrons. The smallest absolute Gasteiger partial charge is 0.137 e. The molecule has 0 fully saturated rings. The van der Waals surface area contributed by atoms with Crippen molar-refractivity contribution < 1.29 is 0 Å². The summed E-state index contributed by atoms with van der Waals surface area (Å²) >= 11 is 9.45. The third-order valence-electron chi connectivity index (χ3n) is 2.56. The molecule has 15 heavy (non-hydrogen) atoms. The lowest BCUT2D eigenvalue weighted by atomic mass is 10.1. The molecular formula is C12H17NS2. The highest BCUT2D eigenvalue weighted by atomic mass is 32.1. The number of hydrogen-bond donors (Lipinski definition) is 1. The Labute approximate surface area is 103 Å². The Morgan fingerprint density at radius 3 is 2.40 bits per heavy atom. The van der Waals surface area contributed by atoms with E-state index in [4.69, 9.17) is 12.2 Å². The van der Waals surface area contributed by atoms with E-state index in [0.717, 1.165) is 5.69 Å². The number of thiocarbonyl (C=S) groups is 1. The van der Waals surface area contributed by atoms with Gasteiger partial charge in [-0.2, -0.15) is 0 Å². The van der Waals surface area contributed by atoms with Gasteiger partial charge in [0.1, 0.15) is 4.32 Å². The summed E-state index contributed by atoms with van der Waals surface area (Å²) in [4.78, 5) is 2.07. The normalized spacial score (nSPS) is 10.5. The summed E-state index contributed by atoms with van der Waals surface area (Å²) in [6, 6.07) is 6.58. The molecule has 0 atom stereocenters. The largest absolute Gasteiger partial charge is 0.325 e.